The zero-order valence-corrected chi connectivity index (χ0v) is 27.0. The molecule has 3 radical (unpaired) electrons. The van der Waals surface area contributed by atoms with Crippen LogP contribution in [0.5, 0.6) is 0 Å². The van der Waals surface area contributed by atoms with E-state index in [9.17, 15) is 0 Å². The maximum atomic E-state index is 8.55. The van der Waals surface area contributed by atoms with Crippen LogP contribution in [0.2, 0.25) is 0 Å². The summed E-state index contributed by atoms with van der Waals surface area (Å²) < 4.78 is 34.2. The van der Waals surface area contributed by atoms with Crippen LogP contribution in [0.15, 0.2) is 0 Å². The van der Waals surface area contributed by atoms with E-state index >= 15 is 0 Å². The molecule has 0 atom stereocenters. The Morgan fingerprint density at radius 1 is 0.308 bits per heavy atom. The first kappa shape index (κ1) is 63.1. The van der Waals surface area contributed by atoms with Gasteiger partial charge in [0.1, 0.15) is 0 Å². The van der Waals surface area contributed by atoms with Crippen LogP contribution in [-0.4, -0.2) is 0 Å². The quantitative estimate of drug-likeness (QED) is 0.164. The fourth-order valence-electron chi connectivity index (χ4n) is 0. The van der Waals surface area contributed by atoms with E-state index in [1.54, 1.807) is 0 Å². The van der Waals surface area contributed by atoms with Crippen LogP contribution in [-0.2, 0) is 127 Å². The number of hydrogen-bond acceptors (Lipinski definition) is 16. The first-order chi connectivity index (χ1) is 8.00. The second kappa shape index (κ2) is 28.8. The van der Waals surface area contributed by atoms with Crippen molar-refractivity contribution >= 4 is 31.3 Å². The van der Waals surface area contributed by atoms with Crippen LogP contribution >= 0.6 is 31.3 Å². The largest absolute Gasteiger partial charge is 2.00 e. The molecule has 26 heavy (non-hydrogen) atoms. The first-order valence-electron chi connectivity index (χ1n) is 2.92. The normalized spacial score (nSPS) is 9.08. The van der Waals surface area contributed by atoms with Crippen molar-refractivity contribution in [1.82, 2.24) is 0 Å². The topological polar surface area (TPSA) is 345 Å². The average Bonchev–Trinajstić information content (AvgIpc) is 1.62. The molecule has 0 heterocycles. The summed E-state index contributed by atoms with van der Waals surface area (Å²) >= 11 is 0. The second-order valence-electron chi connectivity index (χ2n) is 1.79. The number of hydrogen-bond donors (Lipinski definition) is 0. The molecule has 0 aliphatic carbocycles. The predicted octanol–water partition coefficient (Wildman–Crippen LogP) is -11.3. The molecule has 0 aliphatic heterocycles. The summed E-state index contributed by atoms with van der Waals surface area (Å²) in [5.41, 5.74) is 0. The van der Waals surface area contributed by atoms with Crippen LogP contribution in [0.3, 0.4) is 0 Å². The van der Waals surface area contributed by atoms with Gasteiger partial charge in [-0.2, -0.15) is 31.3 Å². The van der Waals surface area contributed by atoms with Crippen molar-refractivity contribution in [2.45, 2.75) is 0 Å². The van der Waals surface area contributed by atoms with Crippen molar-refractivity contribution in [2.75, 3.05) is 0 Å². The molecule has 16 nitrogen and oxygen atoms in total. The van der Waals surface area contributed by atoms with Crippen molar-refractivity contribution in [3.63, 3.8) is 0 Å². The van der Waals surface area contributed by atoms with Crippen molar-refractivity contribution in [3.8, 4) is 0 Å². The van der Waals surface area contributed by atoms with Crippen molar-refractivity contribution in [2.24, 2.45) is 0 Å². The third-order valence-corrected chi connectivity index (χ3v) is 0. The smallest absolute Gasteiger partial charge is 0.822 e. The van der Waals surface area contributed by atoms with Crippen LogP contribution < -0.4 is 58.7 Å². The van der Waals surface area contributed by atoms with Crippen molar-refractivity contribution < 1.29 is 186 Å². The maximum absolute atomic E-state index is 8.55. The summed E-state index contributed by atoms with van der Waals surface area (Å²) in [6.45, 7) is 0. The molecular weight excluding hydrogens is 753 g/mol. The van der Waals surface area contributed by atoms with E-state index in [1.165, 1.54) is 0 Å². The molecule has 0 aliphatic rings. The third kappa shape index (κ3) is 1370. The van der Waals surface area contributed by atoms with E-state index in [-0.39, 0.29) is 109 Å². The van der Waals surface area contributed by atoms with Gasteiger partial charge in [-0.25, -0.2) is 0 Å². The predicted molar refractivity (Wildman–Crippen MR) is 30.4 cm³/mol. The summed E-state index contributed by atoms with van der Waals surface area (Å²) in [5.74, 6) is 0. The molecular formula is Co3O16P4Zn3. The first-order valence-corrected chi connectivity index (χ1v) is 8.76. The van der Waals surface area contributed by atoms with Gasteiger partial charge in [0, 0.05) is 0 Å². The molecule has 0 amide bonds. The Bertz CT molecular complexity index is 305. The van der Waals surface area contributed by atoms with Gasteiger partial charge in [-0.05, 0) is 0 Å². The molecule has 0 aromatic heterocycles. The van der Waals surface area contributed by atoms with Gasteiger partial charge >= 0.3 is 109 Å². The third-order valence-electron chi connectivity index (χ3n) is 0. The monoisotopic (exact) mass is 748 g/mol. The Morgan fingerprint density at radius 3 is 0.308 bits per heavy atom. The molecule has 0 unspecified atom stereocenters. The van der Waals surface area contributed by atoms with Gasteiger partial charge in [-0.3, -0.25) is 0 Å². The van der Waals surface area contributed by atoms with E-state index in [4.69, 9.17) is 77.0 Å². The van der Waals surface area contributed by atoms with Crippen LogP contribution in [0.25, 0.3) is 0 Å². The van der Waals surface area contributed by atoms with Gasteiger partial charge in [0.25, 0.3) is 0 Å². The summed E-state index contributed by atoms with van der Waals surface area (Å²) in [4.78, 5) is 103. The Morgan fingerprint density at radius 2 is 0.308 bits per heavy atom. The van der Waals surface area contributed by atoms with Crippen LogP contribution in [0, 0.1) is 0 Å². The standard InChI is InChI=1S/3Co.4H3O4P.3Zn/c;;;4*1-5(2,3)4;;;/h;;;4*(H3,1,2,3,4);;;/q3*+2;;;;;3*+2/p-12. The maximum Gasteiger partial charge on any atom is 2.00 e. The minimum atomic E-state index is -5.39. The van der Waals surface area contributed by atoms with Crippen LogP contribution in [0.4, 0.5) is 0 Å². The fourth-order valence-corrected chi connectivity index (χ4v) is 0. The van der Waals surface area contributed by atoms with E-state index in [2.05, 4.69) is 0 Å². The van der Waals surface area contributed by atoms with Gasteiger partial charge in [-0.1, -0.05) is 0 Å². The van der Waals surface area contributed by atoms with Gasteiger partial charge < -0.3 is 77.0 Å². The average molecular weight is 753 g/mol. The fraction of sp³-hybridized carbons (Fsp3) is 0. The zero-order chi connectivity index (χ0) is 18.0. The molecule has 0 N–H and O–H groups in total. The Kier molecular flexibility index (Phi) is 69.9. The van der Waals surface area contributed by atoms with Crippen molar-refractivity contribution in [1.29, 1.82) is 0 Å². The van der Waals surface area contributed by atoms with E-state index in [1.807, 2.05) is 0 Å². The molecule has 0 aromatic carbocycles. The Labute approximate surface area is 215 Å². The molecule has 0 fully saturated rings. The molecule has 0 bridgehead atoms. The summed E-state index contributed by atoms with van der Waals surface area (Å²) in [6, 6.07) is 0. The van der Waals surface area contributed by atoms with Gasteiger partial charge in [0.05, 0.1) is 0 Å². The van der Waals surface area contributed by atoms with Crippen LogP contribution in [0.1, 0.15) is 0 Å². The minimum absolute atomic E-state index is 0. The second-order valence-corrected chi connectivity index (χ2v) is 5.37. The number of phosphoric acid groups is 4. The SMILES string of the molecule is O=P([O-])([O-])[O-].O=P([O-])([O-])[O-].O=P([O-])([O-])[O-].O=P([O-])([O-])[O-].[Co+2].[Co+2].[Co+2].[Zn+2].[Zn+2].[Zn+2]. The van der Waals surface area contributed by atoms with E-state index in [0.29, 0.717) is 0 Å². The minimum Gasteiger partial charge on any atom is -0.822 e. The van der Waals surface area contributed by atoms with E-state index in [0.717, 1.165) is 0 Å². The Hall–Kier alpha value is 3.83. The van der Waals surface area contributed by atoms with Crippen molar-refractivity contribution in [3.05, 3.63) is 0 Å². The molecule has 26 heteroatoms. The molecule has 0 saturated carbocycles. The summed E-state index contributed by atoms with van der Waals surface area (Å²) in [7, 11) is -21.6. The van der Waals surface area contributed by atoms with E-state index < -0.39 is 31.3 Å². The molecule has 0 rings (SSSR count). The Balaban J connectivity index is -0.0000000152. The molecule has 0 saturated heterocycles. The zero-order valence-electron chi connectivity index (χ0n) is 11.4. The van der Waals surface area contributed by atoms with Gasteiger partial charge in [0.15, 0.2) is 0 Å². The molecule has 149 valence electrons. The summed E-state index contributed by atoms with van der Waals surface area (Å²) in [5, 5.41) is 0. The van der Waals surface area contributed by atoms with Gasteiger partial charge in [0.2, 0.25) is 0 Å². The molecule has 0 spiro atoms. The number of rotatable bonds is 0. The van der Waals surface area contributed by atoms with Gasteiger partial charge in [-0.15, -0.1) is 0 Å². The summed E-state index contributed by atoms with van der Waals surface area (Å²) in [6.07, 6.45) is 0. The molecule has 0 aromatic rings.